The Morgan fingerprint density at radius 1 is 1.19 bits per heavy atom. The smallest absolute Gasteiger partial charge is 0.271 e. The van der Waals surface area contributed by atoms with Crippen LogP contribution in [-0.4, -0.2) is 31.8 Å². The number of nitrogens with zero attached hydrogens (tertiary/aromatic N) is 2. The highest BCUT2D eigenvalue weighted by molar-refractivity contribution is 5.95. The van der Waals surface area contributed by atoms with Crippen molar-refractivity contribution >= 4 is 17.8 Å². The zero-order valence-electron chi connectivity index (χ0n) is 15.1. The maximum atomic E-state index is 12.2. The molecule has 1 N–H and O–H groups in total. The van der Waals surface area contributed by atoms with Crippen LogP contribution in [0.2, 0.25) is 0 Å². The Kier molecular flexibility index (Phi) is 7.26. The molecule has 0 bridgehead atoms. The second-order valence-corrected chi connectivity index (χ2v) is 5.45. The lowest BCUT2D eigenvalue weighted by molar-refractivity contribution is 0.0955. The first kappa shape index (κ1) is 19.1. The molecule has 0 heterocycles. The van der Waals surface area contributed by atoms with Crippen molar-refractivity contribution in [3.8, 4) is 18.1 Å². The SMILES string of the molecule is C#CCOc1ccccc1/C=N\NC(=O)c1ccc(N(CC)CC)cc1. The number of para-hydroxylation sites is 1. The fourth-order valence-corrected chi connectivity index (χ4v) is 2.48. The van der Waals surface area contributed by atoms with Gasteiger partial charge < -0.3 is 9.64 Å². The molecule has 0 aromatic heterocycles. The summed E-state index contributed by atoms with van der Waals surface area (Å²) in [4.78, 5) is 14.4. The van der Waals surface area contributed by atoms with Gasteiger partial charge in [-0.25, -0.2) is 5.43 Å². The number of rotatable bonds is 8. The van der Waals surface area contributed by atoms with E-state index in [1.165, 1.54) is 6.21 Å². The monoisotopic (exact) mass is 349 g/mol. The zero-order valence-corrected chi connectivity index (χ0v) is 15.1. The molecule has 0 spiro atoms. The second kappa shape index (κ2) is 9.90. The van der Waals surface area contributed by atoms with Gasteiger partial charge in [0, 0.05) is 29.9 Å². The highest BCUT2D eigenvalue weighted by Crippen LogP contribution is 2.16. The van der Waals surface area contributed by atoms with Gasteiger partial charge in [0.15, 0.2) is 0 Å². The molecule has 0 aliphatic rings. The van der Waals surface area contributed by atoms with Crippen molar-refractivity contribution in [2.24, 2.45) is 5.10 Å². The third kappa shape index (κ3) is 5.12. The van der Waals surface area contributed by atoms with Crippen LogP contribution in [0.5, 0.6) is 5.75 Å². The maximum absolute atomic E-state index is 12.2. The number of carbonyl (C=O) groups is 1. The molecule has 0 fully saturated rings. The minimum atomic E-state index is -0.269. The van der Waals surface area contributed by atoms with Crippen molar-refractivity contribution in [1.29, 1.82) is 0 Å². The van der Waals surface area contributed by atoms with Gasteiger partial charge in [-0.1, -0.05) is 18.1 Å². The number of benzene rings is 2. The lowest BCUT2D eigenvalue weighted by Crippen LogP contribution is -2.22. The van der Waals surface area contributed by atoms with Crippen LogP contribution in [0, 0.1) is 12.3 Å². The Bertz CT molecular complexity index is 788. The average Bonchev–Trinajstić information content (AvgIpc) is 2.68. The lowest BCUT2D eigenvalue weighted by atomic mass is 10.2. The van der Waals surface area contributed by atoms with Crippen molar-refractivity contribution in [2.75, 3.05) is 24.6 Å². The zero-order chi connectivity index (χ0) is 18.8. The van der Waals surface area contributed by atoms with E-state index in [0.29, 0.717) is 11.3 Å². The van der Waals surface area contributed by atoms with Crippen LogP contribution >= 0.6 is 0 Å². The summed E-state index contributed by atoms with van der Waals surface area (Å²) in [5.74, 6) is 2.77. The van der Waals surface area contributed by atoms with Crippen molar-refractivity contribution in [1.82, 2.24) is 5.43 Å². The van der Waals surface area contributed by atoms with Crippen molar-refractivity contribution in [2.45, 2.75) is 13.8 Å². The number of anilines is 1. The van der Waals surface area contributed by atoms with Gasteiger partial charge in [-0.2, -0.15) is 5.10 Å². The number of ether oxygens (including phenoxy) is 1. The molecule has 26 heavy (non-hydrogen) atoms. The third-order valence-electron chi connectivity index (χ3n) is 3.86. The number of hydrogen-bond donors (Lipinski definition) is 1. The summed E-state index contributed by atoms with van der Waals surface area (Å²) >= 11 is 0. The maximum Gasteiger partial charge on any atom is 0.271 e. The molecule has 134 valence electrons. The topological polar surface area (TPSA) is 53.9 Å². The Morgan fingerprint density at radius 3 is 2.54 bits per heavy atom. The summed E-state index contributed by atoms with van der Waals surface area (Å²) in [6, 6.07) is 14.8. The van der Waals surface area contributed by atoms with Crippen molar-refractivity contribution in [3.05, 3.63) is 59.7 Å². The van der Waals surface area contributed by atoms with Crippen LogP contribution in [0.15, 0.2) is 53.6 Å². The first-order chi connectivity index (χ1) is 12.7. The largest absolute Gasteiger partial charge is 0.480 e. The number of nitrogens with one attached hydrogen (secondary N) is 1. The van der Waals surface area contributed by atoms with Crippen LogP contribution in [0.3, 0.4) is 0 Å². The predicted molar refractivity (Wildman–Crippen MR) is 106 cm³/mol. The molecule has 2 rings (SSSR count). The van der Waals surface area contributed by atoms with Gasteiger partial charge >= 0.3 is 0 Å². The van der Waals surface area contributed by atoms with E-state index >= 15 is 0 Å². The van der Waals surface area contributed by atoms with Gasteiger partial charge in [-0.3, -0.25) is 4.79 Å². The van der Waals surface area contributed by atoms with E-state index in [-0.39, 0.29) is 12.5 Å². The predicted octanol–water partition coefficient (Wildman–Crippen LogP) is 3.31. The Hall–Kier alpha value is -3.26. The first-order valence-electron chi connectivity index (χ1n) is 8.53. The second-order valence-electron chi connectivity index (χ2n) is 5.45. The van der Waals surface area contributed by atoms with Crippen molar-refractivity contribution < 1.29 is 9.53 Å². The minimum Gasteiger partial charge on any atom is -0.480 e. The molecule has 0 atom stereocenters. The summed E-state index contributed by atoms with van der Waals surface area (Å²) in [5.41, 5.74) is 4.91. The van der Waals surface area contributed by atoms with Gasteiger partial charge in [-0.05, 0) is 50.2 Å². The molecule has 0 radical (unpaired) electrons. The molecular formula is C21H23N3O2. The van der Waals surface area contributed by atoms with E-state index in [1.54, 1.807) is 18.2 Å². The number of terminal acetylenes is 1. The molecule has 0 saturated heterocycles. The summed E-state index contributed by atoms with van der Waals surface area (Å²) in [7, 11) is 0. The quantitative estimate of drug-likeness (QED) is 0.452. The van der Waals surface area contributed by atoms with E-state index < -0.39 is 0 Å². The highest BCUT2D eigenvalue weighted by atomic mass is 16.5. The highest BCUT2D eigenvalue weighted by Gasteiger charge is 2.06. The fraction of sp³-hybridized carbons (Fsp3) is 0.238. The van der Waals surface area contributed by atoms with Crippen molar-refractivity contribution in [3.63, 3.8) is 0 Å². The Balaban J connectivity index is 2.00. The van der Waals surface area contributed by atoms with Gasteiger partial charge in [0.25, 0.3) is 5.91 Å². The number of hydrogen-bond acceptors (Lipinski definition) is 4. The van der Waals surface area contributed by atoms with Crippen LogP contribution < -0.4 is 15.1 Å². The van der Waals surface area contributed by atoms with Crippen LogP contribution in [0.4, 0.5) is 5.69 Å². The molecule has 0 saturated carbocycles. The number of hydrazone groups is 1. The lowest BCUT2D eigenvalue weighted by Gasteiger charge is -2.20. The fourth-order valence-electron chi connectivity index (χ4n) is 2.48. The Labute approximate surface area is 154 Å². The van der Waals surface area contributed by atoms with Gasteiger partial charge in [0.2, 0.25) is 0 Å². The average molecular weight is 349 g/mol. The van der Waals surface area contributed by atoms with Gasteiger partial charge in [-0.15, -0.1) is 6.42 Å². The van der Waals surface area contributed by atoms with Gasteiger partial charge in [0.1, 0.15) is 12.4 Å². The molecule has 0 aliphatic carbocycles. The molecule has 0 unspecified atom stereocenters. The molecule has 2 aromatic carbocycles. The molecule has 5 nitrogen and oxygen atoms in total. The third-order valence-corrected chi connectivity index (χ3v) is 3.86. The van der Waals surface area contributed by atoms with Gasteiger partial charge in [0.05, 0.1) is 6.21 Å². The summed E-state index contributed by atoms with van der Waals surface area (Å²) in [6.45, 7) is 6.23. The number of carbonyl (C=O) groups excluding carboxylic acids is 1. The molecule has 5 heteroatoms. The van der Waals surface area contributed by atoms with Crippen LogP contribution in [-0.2, 0) is 0 Å². The van der Waals surface area contributed by atoms with Crippen LogP contribution in [0.25, 0.3) is 0 Å². The molecular weight excluding hydrogens is 326 g/mol. The molecule has 0 aliphatic heterocycles. The van der Waals surface area contributed by atoms with E-state index in [1.807, 2.05) is 30.3 Å². The Morgan fingerprint density at radius 2 is 1.88 bits per heavy atom. The summed E-state index contributed by atoms with van der Waals surface area (Å²) in [6.07, 6.45) is 6.74. The number of amides is 1. The normalized spacial score (nSPS) is 10.3. The van der Waals surface area contributed by atoms with E-state index in [0.717, 1.165) is 24.3 Å². The summed E-state index contributed by atoms with van der Waals surface area (Å²) in [5, 5.41) is 4.01. The van der Waals surface area contributed by atoms with E-state index in [2.05, 4.69) is 35.2 Å². The van der Waals surface area contributed by atoms with E-state index in [9.17, 15) is 4.79 Å². The van der Waals surface area contributed by atoms with E-state index in [4.69, 9.17) is 11.2 Å². The first-order valence-corrected chi connectivity index (χ1v) is 8.53. The molecule has 1 amide bonds. The summed E-state index contributed by atoms with van der Waals surface area (Å²) < 4.78 is 5.44. The molecule has 2 aromatic rings. The van der Waals surface area contributed by atoms with Crippen LogP contribution in [0.1, 0.15) is 29.8 Å². The standard InChI is InChI=1S/C21H23N3O2/c1-4-15-26-20-10-8-7-9-18(20)16-22-23-21(25)17-11-13-19(14-12-17)24(5-2)6-3/h1,7-14,16H,5-6,15H2,2-3H3,(H,23,25)/b22-16-. The minimum absolute atomic E-state index is 0.177.